The Kier molecular flexibility index (Phi) is 5.30. The molecule has 0 unspecified atom stereocenters. The number of ether oxygens (including phenoxy) is 4. The molecule has 32 heavy (non-hydrogen) atoms. The summed E-state index contributed by atoms with van der Waals surface area (Å²) in [5.41, 5.74) is 0.508. The molecule has 4 rings (SSSR count). The van der Waals surface area contributed by atoms with Crippen LogP contribution in [-0.2, 0) is 0 Å². The average Bonchev–Trinajstić information content (AvgIpc) is 2.79. The Hall–Kier alpha value is -3.94. The van der Waals surface area contributed by atoms with E-state index in [0.29, 0.717) is 44.9 Å². The molecule has 0 radical (unpaired) electrons. The third-order valence-corrected chi connectivity index (χ3v) is 5.61. The van der Waals surface area contributed by atoms with Gasteiger partial charge in [0.1, 0.15) is 0 Å². The molecule has 0 saturated heterocycles. The first kappa shape index (κ1) is 21.3. The Morgan fingerprint density at radius 3 is 1.28 bits per heavy atom. The van der Waals surface area contributed by atoms with Gasteiger partial charge in [-0.15, -0.1) is 0 Å². The summed E-state index contributed by atoms with van der Waals surface area (Å²) < 4.78 is 32.6. The van der Waals surface area contributed by atoms with Crippen molar-refractivity contribution in [3.8, 4) is 34.1 Å². The normalized spacial score (nSPS) is 11.1. The van der Waals surface area contributed by atoms with E-state index in [2.05, 4.69) is 0 Å². The van der Waals surface area contributed by atoms with E-state index in [9.17, 15) is 9.59 Å². The average molecular weight is 438 g/mol. The molecule has 8 heteroatoms. The van der Waals surface area contributed by atoms with Gasteiger partial charge in [-0.05, 0) is 49.2 Å². The number of rotatable bonds is 5. The zero-order valence-corrected chi connectivity index (χ0v) is 18.6. The molecule has 2 aromatic carbocycles. The fraction of sp³-hybridized carbons (Fsp3) is 0.250. The van der Waals surface area contributed by atoms with Crippen LogP contribution in [0, 0.1) is 13.8 Å². The van der Waals surface area contributed by atoms with Crippen molar-refractivity contribution in [2.24, 2.45) is 0 Å². The monoisotopic (exact) mass is 438 g/mol. The summed E-state index contributed by atoms with van der Waals surface area (Å²) in [6.45, 7) is 3.50. The molecule has 0 N–H and O–H groups in total. The molecule has 4 aromatic rings. The molecule has 0 spiro atoms. The van der Waals surface area contributed by atoms with Crippen LogP contribution in [0.4, 0.5) is 0 Å². The maximum Gasteiger partial charge on any atom is 0.344 e. The van der Waals surface area contributed by atoms with Gasteiger partial charge in [0, 0.05) is 10.8 Å². The van der Waals surface area contributed by atoms with Gasteiger partial charge in [0.2, 0.25) is 11.5 Å². The molecule has 0 bridgehead atoms. The summed E-state index contributed by atoms with van der Waals surface area (Å²) in [6, 6.07) is 6.93. The van der Waals surface area contributed by atoms with E-state index >= 15 is 0 Å². The molecule has 0 amide bonds. The lowest BCUT2D eigenvalue weighted by molar-refractivity contribution is 0.351. The first-order chi connectivity index (χ1) is 15.4. The van der Waals surface area contributed by atoms with E-state index in [1.54, 1.807) is 38.1 Å². The van der Waals surface area contributed by atoms with Gasteiger partial charge in [0.15, 0.2) is 22.7 Å². The van der Waals surface area contributed by atoms with Crippen molar-refractivity contribution in [1.82, 2.24) is 0 Å². The zero-order chi connectivity index (χ0) is 23.2. The molecule has 0 saturated carbocycles. The first-order valence-corrected chi connectivity index (χ1v) is 9.75. The highest BCUT2D eigenvalue weighted by molar-refractivity contribution is 5.96. The third-order valence-electron chi connectivity index (χ3n) is 5.61. The number of benzene rings is 2. The van der Waals surface area contributed by atoms with Crippen molar-refractivity contribution in [3.05, 3.63) is 56.2 Å². The van der Waals surface area contributed by atoms with Gasteiger partial charge in [-0.1, -0.05) is 0 Å². The van der Waals surface area contributed by atoms with Crippen LogP contribution < -0.4 is 30.2 Å². The smallest absolute Gasteiger partial charge is 0.344 e. The summed E-state index contributed by atoms with van der Waals surface area (Å²) >= 11 is 0. The van der Waals surface area contributed by atoms with Gasteiger partial charge in [-0.2, -0.15) is 0 Å². The van der Waals surface area contributed by atoms with Crippen molar-refractivity contribution >= 4 is 21.9 Å². The van der Waals surface area contributed by atoms with Crippen molar-refractivity contribution in [3.63, 3.8) is 0 Å². The predicted molar refractivity (Wildman–Crippen MR) is 120 cm³/mol. The van der Waals surface area contributed by atoms with Crippen LogP contribution in [0.1, 0.15) is 11.1 Å². The van der Waals surface area contributed by atoms with E-state index < -0.39 is 11.3 Å². The molecule has 0 aliphatic heterocycles. The second-order valence-electron chi connectivity index (χ2n) is 7.13. The summed E-state index contributed by atoms with van der Waals surface area (Å²) in [7, 11) is 5.92. The molecule has 8 nitrogen and oxygen atoms in total. The lowest BCUT2D eigenvalue weighted by atomic mass is 9.95. The fourth-order valence-corrected chi connectivity index (χ4v) is 4.03. The van der Waals surface area contributed by atoms with Crippen LogP contribution >= 0.6 is 0 Å². The molecule has 2 aromatic heterocycles. The van der Waals surface area contributed by atoms with Gasteiger partial charge in [-0.25, -0.2) is 9.59 Å². The van der Waals surface area contributed by atoms with Gasteiger partial charge >= 0.3 is 11.3 Å². The second-order valence-corrected chi connectivity index (χ2v) is 7.13. The van der Waals surface area contributed by atoms with Crippen LogP contribution in [0.15, 0.2) is 42.7 Å². The van der Waals surface area contributed by atoms with Crippen molar-refractivity contribution < 1.29 is 27.8 Å². The summed E-state index contributed by atoms with van der Waals surface area (Å²) in [4.78, 5) is 26.2. The van der Waals surface area contributed by atoms with E-state index in [-0.39, 0.29) is 22.3 Å². The quantitative estimate of drug-likeness (QED) is 0.427. The maximum atomic E-state index is 13.1. The second kappa shape index (κ2) is 7.96. The molecule has 166 valence electrons. The van der Waals surface area contributed by atoms with E-state index in [4.69, 9.17) is 27.8 Å². The lowest BCUT2D eigenvalue weighted by Gasteiger charge is -2.15. The summed E-state index contributed by atoms with van der Waals surface area (Å²) in [5.74, 6) is 1.46. The first-order valence-electron chi connectivity index (χ1n) is 9.75. The minimum atomic E-state index is -0.684. The number of fused-ring (bicyclic) bond motifs is 2. The Labute approximate surface area is 182 Å². The molecule has 0 atom stereocenters. The molecule has 0 aliphatic carbocycles. The molecule has 0 aliphatic rings. The van der Waals surface area contributed by atoms with Gasteiger partial charge in [-0.3, -0.25) is 0 Å². The standard InChI is InChI=1S/C24H22O8/c1-11-13-7-9-15(27-3)21(29-5)19(13)31-23(25)17(11)18-12(2)14-8-10-16(28-4)22(30-6)20(14)32-24(18)26/h7-10H,1-6H3. The minimum absolute atomic E-state index is 0.132. The van der Waals surface area contributed by atoms with Crippen molar-refractivity contribution in [2.45, 2.75) is 13.8 Å². The Balaban J connectivity index is 2.10. The Morgan fingerprint density at radius 2 is 0.969 bits per heavy atom. The zero-order valence-electron chi connectivity index (χ0n) is 18.6. The highest BCUT2D eigenvalue weighted by atomic mass is 16.5. The predicted octanol–water partition coefficient (Wildman–Crippen LogP) is 4.22. The number of methoxy groups -OCH3 is 4. The molecular weight excluding hydrogens is 416 g/mol. The fourth-order valence-electron chi connectivity index (χ4n) is 4.03. The Bertz CT molecular complexity index is 1360. The van der Waals surface area contributed by atoms with Crippen molar-refractivity contribution in [1.29, 1.82) is 0 Å². The van der Waals surface area contributed by atoms with Gasteiger partial charge in [0.25, 0.3) is 0 Å². The molecule has 2 heterocycles. The van der Waals surface area contributed by atoms with Crippen LogP contribution in [0.3, 0.4) is 0 Å². The van der Waals surface area contributed by atoms with E-state index in [1.165, 1.54) is 28.4 Å². The van der Waals surface area contributed by atoms with E-state index in [1.807, 2.05) is 0 Å². The lowest BCUT2D eigenvalue weighted by Crippen LogP contribution is -2.15. The summed E-state index contributed by atoms with van der Waals surface area (Å²) in [6.07, 6.45) is 0. The minimum Gasteiger partial charge on any atom is -0.493 e. The summed E-state index contributed by atoms with van der Waals surface area (Å²) in [5, 5.41) is 1.23. The largest absolute Gasteiger partial charge is 0.493 e. The van der Waals surface area contributed by atoms with Gasteiger partial charge in [0.05, 0.1) is 39.6 Å². The number of hydrogen-bond donors (Lipinski definition) is 0. The SMILES string of the molecule is COc1ccc2c(C)c(-c3c(C)c4ccc(OC)c(OC)c4oc3=O)c(=O)oc2c1OC. The maximum absolute atomic E-state index is 13.1. The van der Waals surface area contributed by atoms with Crippen LogP contribution in [0.25, 0.3) is 33.1 Å². The number of aryl methyl sites for hydroxylation is 2. The van der Waals surface area contributed by atoms with Gasteiger partial charge < -0.3 is 27.8 Å². The Morgan fingerprint density at radius 1 is 0.594 bits per heavy atom. The highest BCUT2D eigenvalue weighted by Crippen LogP contribution is 2.40. The molecule has 0 fully saturated rings. The molecular formula is C24H22O8. The highest BCUT2D eigenvalue weighted by Gasteiger charge is 2.25. The van der Waals surface area contributed by atoms with E-state index in [0.717, 1.165) is 0 Å². The van der Waals surface area contributed by atoms with Crippen molar-refractivity contribution in [2.75, 3.05) is 28.4 Å². The topological polar surface area (TPSA) is 97.3 Å². The third kappa shape index (κ3) is 2.98. The van der Waals surface area contributed by atoms with Crippen LogP contribution in [0.5, 0.6) is 23.0 Å². The van der Waals surface area contributed by atoms with Crippen LogP contribution in [-0.4, -0.2) is 28.4 Å². The van der Waals surface area contributed by atoms with Crippen LogP contribution in [0.2, 0.25) is 0 Å². The number of hydrogen-bond acceptors (Lipinski definition) is 8.